The Morgan fingerprint density at radius 3 is 2.78 bits per heavy atom. The molecule has 5 rings (SSSR count). The van der Waals surface area contributed by atoms with Crippen molar-refractivity contribution in [2.45, 2.75) is 12.5 Å². The van der Waals surface area contributed by atoms with Crippen LogP contribution in [0.3, 0.4) is 0 Å². The SMILES string of the molecule is C#Cc1ccc2nc(Nc3cc(O[C@H]4CCN(C)C4)cc(-c4cnn(C)c4)c3)ncc2c1. The zero-order valence-corrected chi connectivity index (χ0v) is 18.1. The van der Waals surface area contributed by atoms with E-state index in [0.717, 1.165) is 58.5 Å². The van der Waals surface area contributed by atoms with E-state index in [1.54, 1.807) is 10.9 Å². The van der Waals surface area contributed by atoms with E-state index in [0.29, 0.717) is 5.95 Å². The maximum absolute atomic E-state index is 6.32. The molecule has 1 aliphatic heterocycles. The van der Waals surface area contributed by atoms with Crippen LogP contribution >= 0.6 is 0 Å². The number of likely N-dealkylation sites (tertiary alicyclic amines) is 1. The van der Waals surface area contributed by atoms with Crippen molar-refractivity contribution in [2.75, 3.05) is 25.5 Å². The zero-order chi connectivity index (χ0) is 22.1. The normalized spacial score (nSPS) is 16.2. The number of benzene rings is 2. The van der Waals surface area contributed by atoms with Crippen LogP contribution in [0, 0.1) is 12.3 Å². The fourth-order valence-electron chi connectivity index (χ4n) is 3.97. The number of aromatic nitrogens is 4. The van der Waals surface area contributed by atoms with E-state index in [1.165, 1.54) is 0 Å². The highest BCUT2D eigenvalue weighted by atomic mass is 16.5. The molecule has 0 amide bonds. The van der Waals surface area contributed by atoms with E-state index < -0.39 is 0 Å². The van der Waals surface area contributed by atoms with Crippen LogP contribution in [0.2, 0.25) is 0 Å². The minimum atomic E-state index is 0.180. The molecular formula is C25H24N6O. The van der Waals surface area contributed by atoms with Gasteiger partial charge in [-0.25, -0.2) is 9.97 Å². The number of hydrogen-bond acceptors (Lipinski definition) is 6. The van der Waals surface area contributed by atoms with Gasteiger partial charge in [0.15, 0.2) is 0 Å². The molecule has 2 aromatic heterocycles. The molecular weight excluding hydrogens is 400 g/mol. The Morgan fingerprint density at radius 2 is 2.03 bits per heavy atom. The molecule has 1 atom stereocenters. The lowest BCUT2D eigenvalue weighted by molar-refractivity contribution is 0.208. The van der Waals surface area contributed by atoms with Crippen molar-refractivity contribution in [3.8, 4) is 29.2 Å². The lowest BCUT2D eigenvalue weighted by Crippen LogP contribution is -2.21. The van der Waals surface area contributed by atoms with Crippen molar-refractivity contribution in [3.63, 3.8) is 0 Å². The predicted octanol–water partition coefficient (Wildman–Crippen LogP) is 3.84. The van der Waals surface area contributed by atoms with E-state index in [9.17, 15) is 0 Å². The van der Waals surface area contributed by atoms with Gasteiger partial charge in [0.25, 0.3) is 0 Å². The molecule has 4 aromatic rings. The molecule has 160 valence electrons. The van der Waals surface area contributed by atoms with Gasteiger partial charge < -0.3 is 15.0 Å². The molecule has 0 unspecified atom stereocenters. The number of aryl methyl sites for hydroxylation is 1. The molecule has 32 heavy (non-hydrogen) atoms. The first-order valence-electron chi connectivity index (χ1n) is 10.6. The van der Waals surface area contributed by atoms with Gasteiger partial charge >= 0.3 is 0 Å². The Labute approximate surface area is 187 Å². The second kappa shape index (κ2) is 8.33. The molecule has 1 saturated heterocycles. The standard InChI is InChI=1S/C25H24N6O/c1-4-17-5-6-24-19(9-17)13-26-25(29-24)28-21-10-18(20-14-27-31(3)15-20)11-23(12-21)32-22-7-8-30(2)16-22/h1,5-6,9-15,22H,7-8,16H2,2-3H3,(H,26,28,29)/t22-/m0/s1. The number of nitrogens with one attached hydrogen (secondary N) is 1. The molecule has 3 heterocycles. The topological polar surface area (TPSA) is 68.1 Å². The van der Waals surface area contributed by atoms with Crippen LogP contribution in [0.5, 0.6) is 5.75 Å². The fourth-order valence-corrected chi connectivity index (χ4v) is 3.97. The molecule has 1 aliphatic rings. The van der Waals surface area contributed by atoms with E-state index in [-0.39, 0.29) is 6.10 Å². The Morgan fingerprint density at radius 1 is 1.12 bits per heavy atom. The van der Waals surface area contributed by atoms with Gasteiger partial charge in [-0.1, -0.05) is 5.92 Å². The second-order valence-electron chi connectivity index (χ2n) is 8.18. The summed E-state index contributed by atoms with van der Waals surface area (Å²) in [6.45, 7) is 1.97. The van der Waals surface area contributed by atoms with Crippen LogP contribution in [0.4, 0.5) is 11.6 Å². The molecule has 2 aromatic carbocycles. The van der Waals surface area contributed by atoms with Gasteiger partial charge in [-0.05, 0) is 49.4 Å². The lowest BCUT2D eigenvalue weighted by Gasteiger charge is -2.16. The summed E-state index contributed by atoms with van der Waals surface area (Å²) in [5.74, 6) is 3.97. The van der Waals surface area contributed by atoms with Gasteiger partial charge in [0.05, 0.1) is 11.7 Å². The van der Waals surface area contributed by atoms with Crippen molar-refractivity contribution in [1.82, 2.24) is 24.6 Å². The number of terminal acetylenes is 1. The third-order valence-electron chi connectivity index (χ3n) is 5.60. The number of likely N-dealkylation sites (N-methyl/N-ethyl adjacent to an activating group) is 1. The zero-order valence-electron chi connectivity index (χ0n) is 18.1. The van der Waals surface area contributed by atoms with Crippen LogP contribution in [-0.2, 0) is 7.05 Å². The molecule has 7 heteroatoms. The molecule has 1 N–H and O–H groups in total. The summed E-state index contributed by atoms with van der Waals surface area (Å²) in [4.78, 5) is 11.4. The third-order valence-corrected chi connectivity index (χ3v) is 5.60. The van der Waals surface area contributed by atoms with Crippen LogP contribution in [-0.4, -0.2) is 50.9 Å². The maximum Gasteiger partial charge on any atom is 0.227 e. The summed E-state index contributed by atoms with van der Waals surface area (Å²) in [5.41, 5.74) is 4.53. The van der Waals surface area contributed by atoms with E-state index in [1.807, 2.05) is 43.7 Å². The van der Waals surface area contributed by atoms with Gasteiger partial charge in [0, 0.05) is 60.8 Å². The highest BCUT2D eigenvalue weighted by Crippen LogP contribution is 2.31. The van der Waals surface area contributed by atoms with Gasteiger partial charge in [-0.2, -0.15) is 5.10 Å². The van der Waals surface area contributed by atoms with Gasteiger partial charge in [0.1, 0.15) is 11.9 Å². The van der Waals surface area contributed by atoms with E-state index in [2.05, 4.69) is 50.4 Å². The van der Waals surface area contributed by atoms with Crippen molar-refractivity contribution >= 4 is 22.5 Å². The summed E-state index contributed by atoms with van der Waals surface area (Å²) in [5, 5.41) is 8.55. The summed E-state index contributed by atoms with van der Waals surface area (Å²) in [6.07, 6.45) is 12.3. The van der Waals surface area contributed by atoms with Crippen LogP contribution < -0.4 is 10.1 Å². The molecule has 0 spiro atoms. The number of anilines is 2. The largest absolute Gasteiger partial charge is 0.489 e. The average Bonchev–Trinajstić information content (AvgIpc) is 3.41. The number of hydrogen-bond donors (Lipinski definition) is 1. The van der Waals surface area contributed by atoms with Crippen LogP contribution in [0.15, 0.2) is 55.0 Å². The minimum absolute atomic E-state index is 0.180. The van der Waals surface area contributed by atoms with Gasteiger partial charge in [-0.15, -0.1) is 6.42 Å². The molecule has 0 aliphatic carbocycles. The first-order valence-corrected chi connectivity index (χ1v) is 10.6. The van der Waals surface area contributed by atoms with Crippen molar-refractivity contribution in [3.05, 3.63) is 60.6 Å². The number of nitrogens with zero attached hydrogens (tertiary/aromatic N) is 5. The monoisotopic (exact) mass is 424 g/mol. The van der Waals surface area contributed by atoms with Gasteiger partial charge in [-0.3, -0.25) is 4.68 Å². The number of fused-ring (bicyclic) bond motifs is 1. The smallest absolute Gasteiger partial charge is 0.227 e. The highest BCUT2D eigenvalue weighted by Gasteiger charge is 2.21. The molecule has 0 radical (unpaired) electrons. The first kappa shape index (κ1) is 20.0. The average molecular weight is 425 g/mol. The van der Waals surface area contributed by atoms with Gasteiger partial charge in [0.2, 0.25) is 5.95 Å². The Hall–Kier alpha value is -3.89. The molecule has 7 nitrogen and oxygen atoms in total. The Bertz CT molecular complexity index is 1320. The third kappa shape index (κ3) is 4.27. The summed E-state index contributed by atoms with van der Waals surface area (Å²) in [6, 6.07) is 11.8. The number of ether oxygens (including phenoxy) is 1. The quantitative estimate of drug-likeness (QED) is 0.491. The number of rotatable bonds is 5. The van der Waals surface area contributed by atoms with Crippen molar-refractivity contribution in [2.24, 2.45) is 7.05 Å². The first-order chi connectivity index (χ1) is 15.6. The summed E-state index contributed by atoms with van der Waals surface area (Å²) < 4.78 is 8.11. The highest BCUT2D eigenvalue weighted by molar-refractivity contribution is 5.81. The Kier molecular flexibility index (Phi) is 5.21. The van der Waals surface area contributed by atoms with E-state index in [4.69, 9.17) is 11.2 Å². The van der Waals surface area contributed by atoms with Crippen LogP contribution in [0.25, 0.3) is 22.0 Å². The summed E-state index contributed by atoms with van der Waals surface area (Å²) in [7, 11) is 4.03. The van der Waals surface area contributed by atoms with Crippen LogP contribution in [0.1, 0.15) is 12.0 Å². The van der Waals surface area contributed by atoms with Crippen molar-refractivity contribution in [1.29, 1.82) is 0 Å². The molecule has 0 bridgehead atoms. The second-order valence-corrected chi connectivity index (χ2v) is 8.18. The fraction of sp³-hybridized carbons (Fsp3) is 0.240. The maximum atomic E-state index is 6.32. The predicted molar refractivity (Wildman–Crippen MR) is 126 cm³/mol. The summed E-state index contributed by atoms with van der Waals surface area (Å²) >= 11 is 0. The Balaban J connectivity index is 1.47. The molecule has 0 saturated carbocycles. The molecule has 1 fully saturated rings. The van der Waals surface area contributed by atoms with E-state index >= 15 is 0 Å². The lowest BCUT2D eigenvalue weighted by atomic mass is 10.1. The minimum Gasteiger partial charge on any atom is -0.489 e. The van der Waals surface area contributed by atoms with Crippen molar-refractivity contribution < 1.29 is 4.74 Å².